The summed E-state index contributed by atoms with van der Waals surface area (Å²) in [7, 11) is 0. The lowest BCUT2D eigenvalue weighted by Gasteiger charge is -2.02. The van der Waals surface area contributed by atoms with E-state index in [0.29, 0.717) is 0 Å². The molecular weight excluding hydrogens is 276 g/mol. The van der Waals surface area contributed by atoms with Crippen molar-refractivity contribution in [3.05, 3.63) is 57.8 Å². The number of thioether (sulfide) groups is 1. The highest BCUT2D eigenvalue weighted by Crippen LogP contribution is 2.28. The molecule has 19 heavy (non-hydrogen) atoms. The van der Waals surface area contributed by atoms with Gasteiger partial charge in [0, 0.05) is 21.6 Å². The average Bonchev–Trinajstić information content (AvgIpc) is 2.83. The van der Waals surface area contributed by atoms with Crippen molar-refractivity contribution >= 4 is 35.1 Å². The minimum Gasteiger partial charge on any atom is -0.478 e. The number of hydrogen-bond donors (Lipinski definition) is 1. The van der Waals surface area contributed by atoms with E-state index in [4.69, 9.17) is 5.11 Å². The van der Waals surface area contributed by atoms with Crippen LogP contribution in [0.5, 0.6) is 0 Å². The predicted molar refractivity (Wildman–Crippen MR) is 81.7 cm³/mol. The maximum atomic E-state index is 10.5. The molecule has 0 aliphatic rings. The van der Waals surface area contributed by atoms with Gasteiger partial charge < -0.3 is 5.11 Å². The maximum absolute atomic E-state index is 10.5. The van der Waals surface area contributed by atoms with Crippen LogP contribution >= 0.6 is 23.1 Å². The van der Waals surface area contributed by atoms with Gasteiger partial charge in [-0.15, -0.1) is 23.1 Å². The first-order chi connectivity index (χ1) is 9.15. The second-order valence-corrected chi connectivity index (χ2v) is 6.12. The van der Waals surface area contributed by atoms with Gasteiger partial charge in [-0.1, -0.05) is 17.7 Å². The fourth-order valence-electron chi connectivity index (χ4n) is 1.56. The van der Waals surface area contributed by atoms with Crippen LogP contribution in [0.3, 0.4) is 0 Å². The summed E-state index contributed by atoms with van der Waals surface area (Å²) in [5.74, 6) is -0.0524. The summed E-state index contributed by atoms with van der Waals surface area (Å²) in [5, 5.41) is 10.6. The van der Waals surface area contributed by atoms with Crippen LogP contribution < -0.4 is 0 Å². The molecule has 2 aromatic rings. The minimum absolute atomic E-state index is 0.861. The first-order valence-electron chi connectivity index (χ1n) is 5.82. The average molecular weight is 290 g/mol. The molecule has 1 N–H and O–H groups in total. The minimum atomic E-state index is -0.914. The topological polar surface area (TPSA) is 37.3 Å². The van der Waals surface area contributed by atoms with Crippen molar-refractivity contribution in [1.29, 1.82) is 0 Å². The number of aliphatic carboxylic acids is 1. The van der Waals surface area contributed by atoms with E-state index in [1.807, 2.05) is 11.4 Å². The third-order valence-corrected chi connectivity index (χ3v) is 4.73. The molecule has 0 atom stereocenters. The SMILES string of the molecule is Cc1ccc(SCc2sccc2C=CC(=O)O)cc1. The van der Waals surface area contributed by atoms with Crippen molar-refractivity contribution in [2.24, 2.45) is 0 Å². The molecule has 0 saturated heterocycles. The smallest absolute Gasteiger partial charge is 0.328 e. The zero-order chi connectivity index (χ0) is 13.7. The molecule has 0 aliphatic carbocycles. The van der Waals surface area contributed by atoms with Gasteiger partial charge in [-0.05, 0) is 42.1 Å². The number of carboxylic acid groups (broad SMARTS) is 1. The van der Waals surface area contributed by atoms with Gasteiger partial charge in [0.15, 0.2) is 0 Å². The Morgan fingerprint density at radius 2 is 2.05 bits per heavy atom. The van der Waals surface area contributed by atoms with Gasteiger partial charge in [0.2, 0.25) is 0 Å². The molecule has 1 aromatic heterocycles. The molecule has 0 fully saturated rings. The molecule has 0 radical (unpaired) electrons. The van der Waals surface area contributed by atoms with Crippen LogP contribution in [0, 0.1) is 6.92 Å². The highest BCUT2D eigenvalue weighted by atomic mass is 32.2. The molecule has 0 unspecified atom stereocenters. The molecule has 0 bridgehead atoms. The van der Waals surface area contributed by atoms with Crippen LogP contribution in [-0.2, 0) is 10.5 Å². The van der Waals surface area contributed by atoms with E-state index in [-0.39, 0.29) is 0 Å². The second-order valence-electron chi connectivity index (χ2n) is 4.07. The molecule has 2 rings (SSSR count). The van der Waals surface area contributed by atoms with Gasteiger partial charge >= 0.3 is 5.97 Å². The molecule has 0 spiro atoms. The van der Waals surface area contributed by atoms with E-state index in [9.17, 15) is 4.79 Å². The summed E-state index contributed by atoms with van der Waals surface area (Å²) >= 11 is 3.42. The summed E-state index contributed by atoms with van der Waals surface area (Å²) < 4.78 is 0. The van der Waals surface area contributed by atoms with Crippen LogP contribution in [0.25, 0.3) is 6.08 Å². The summed E-state index contributed by atoms with van der Waals surface area (Å²) in [6.45, 7) is 2.07. The Morgan fingerprint density at radius 3 is 2.74 bits per heavy atom. The van der Waals surface area contributed by atoms with Crippen molar-refractivity contribution < 1.29 is 9.90 Å². The highest BCUT2D eigenvalue weighted by molar-refractivity contribution is 7.98. The lowest BCUT2D eigenvalue weighted by molar-refractivity contribution is -0.131. The number of carboxylic acids is 1. The normalized spacial score (nSPS) is 11.0. The van der Waals surface area contributed by atoms with Crippen LogP contribution in [0.2, 0.25) is 0 Å². The van der Waals surface area contributed by atoms with Crippen molar-refractivity contribution in [3.63, 3.8) is 0 Å². The first-order valence-corrected chi connectivity index (χ1v) is 7.68. The molecule has 0 aliphatic heterocycles. The van der Waals surface area contributed by atoms with Gasteiger partial charge in [-0.3, -0.25) is 0 Å². The number of carbonyl (C=O) groups is 1. The Morgan fingerprint density at radius 1 is 1.32 bits per heavy atom. The molecule has 1 heterocycles. The maximum Gasteiger partial charge on any atom is 0.328 e. The Bertz CT molecular complexity index is 582. The Kier molecular flexibility index (Phi) is 4.82. The summed E-state index contributed by atoms with van der Waals surface area (Å²) in [4.78, 5) is 13.0. The zero-order valence-electron chi connectivity index (χ0n) is 10.5. The fraction of sp³-hybridized carbons (Fsp3) is 0.133. The lowest BCUT2D eigenvalue weighted by Crippen LogP contribution is -1.86. The Labute approximate surface area is 120 Å². The van der Waals surface area contributed by atoms with E-state index in [2.05, 4.69) is 31.2 Å². The number of benzene rings is 1. The van der Waals surface area contributed by atoms with E-state index >= 15 is 0 Å². The number of thiophene rings is 1. The third-order valence-electron chi connectivity index (χ3n) is 2.58. The first kappa shape index (κ1) is 13.9. The van der Waals surface area contributed by atoms with Crippen LogP contribution in [0.1, 0.15) is 16.0 Å². The molecule has 4 heteroatoms. The Hall–Kier alpha value is -1.52. The van der Waals surface area contributed by atoms with E-state index in [0.717, 1.165) is 11.3 Å². The molecule has 0 saturated carbocycles. The van der Waals surface area contributed by atoms with Crippen LogP contribution in [0.4, 0.5) is 0 Å². The Balaban J connectivity index is 2.02. The van der Waals surface area contributed by atoms with E-state index in [1.165, 1.54) is 21.4 Å². The van der Waals surface area contributed by atoms with Gasteiger partial charge in [0.1, 0.15) is 0 Å². The standard InChI is InChI=1S/C15H14O2S2/c1-11-2-5-13(6-3-11)19-10-14-12(8-9-18-14)4-7-15(16)17/h2-9H,10H2,1H3,(H,16,17). The third kappa shape index (κ3) is 4.26. The second kappa shape index (κ2) is 6.59. The fourth-order valence-corrected chi connectivity index (χ4v) is 3.45. The molecule has 1 aromatic carbocycles. The molecular formula is C15H14O2S2. The number of hydrogen-bond acceptors (Lipinski definition) is 3. The largest absolute Gasteiger partial charge is 0.478 e. The molecule has 98 valence electrons. The van der Waals surface area contributed by atoms with Crippen LogP contribution in [0.15, 0.2) is 46.7 Å². The monoisotopic (exact) mass is 290 g/mol. The van der Waals surface area contributed by atoms with E-state index < -0.39 is 5.97 Å². The van der Waals surface area contributed by atoms with Gasteiger partial charge in [-0.25, -0.2) is 4.79 Å². The molecule has 2 nitrogen and oxygen atoms in total. The summed E-state index contributed by atoms with van der Waals surface area (Å²) in [6.07, 6.45) is 2.84. The van der Waals surface area contributed by atoms with Crippen molar-refractivity contribution in [2.45, 2.75) is 17.6 Å². The summed E-state index contributed by atoms with van der Waals surface area (Å²) in [6, 6.07) is 10.4. The lowest BCUT2D eigenvalue weighted by atomic mass is 10.2. The van der Waals surface area contributed by atoms with Crippen molar-refractivity contribution in [2.75, 3.05) is 0 Å². The molecule has 0 amide bonds. The van der Waals surface area contributed by atoms with Gasteiger partial charge in [-0.2, -0.15) is 0 Å². The van der Waals surface area contributed by atoms with Crippen molar-refractivity contribution in [1.82, 2.24) is 0 Å². The van der Waals surface area contributed by atoms with Crippen molar-refractivity contribution in [3.8, 4) is 0 Å². The quantitative estimate of drug-likeness (QED) is 0.653. The van der Waals surface area contributed by atoms with Crippen LogP contribution in [-0.4, -0.2) is 11.1 Å². The predicted octanol–water partition coefficient (Wildman–Crippen LogP) is 4.45. The highest BCUT2D eigenvalue weighted by Gasteiger charge is 2.03. The van der Waals surface area contributed by atoms with Gasteiger partial charge in [0.25, 0.3) is 0 Å². The number of aryl methyl sites for hydroxylation is 1. The summed E-state index contributed by atoms with van der Waals surface area (Å²) in [5.41, 5.74) is 2.25. The number of rotatable bonds is 5. The van der Waals surface area contributed by atoms with Gasteiger partial charge in [0.05, 0.1) is 0 Å². The van der Waals surface area contributed by atoms with E-state index in [1.54, 1.807) is 29.2 Å². The zero-order valence-corrected chi connectivity index (χ0v) is 12.1.